The zero-order valence-corrected chi connectivity index (χ0v) is 17.2. The molecule has 0 unspecified atom stereocenters. The van der Waals surface area contributed by atoms with Gasteiger partial charge in [-0.25, -0.2) is 8.42 Å². The van der Waals surface area contributed by atoms with Gasteiger partial charge in [0.05, 0.1) is 4.90 Å². The van der Waals surface area contributed by atoms with Crippen molar-refractivity contribution in [3.05, 3.63) is 59.1 Å². The molecule has 0 aliphatic heterocycles. The molecule has 0 bridgehead atoms. The lowest BCUT2D eigenvalue weighted by atomic mass is 9.87. The predicted octanol–water partition coefficient (Wildman–Crippen LogP) is 4.83. The van der Waals surface area contributed by atoms with Crippen molar-refractivity contribution >= 4 is 33.0 Å². The molecule has 0 aliphatic carbocycles. The molecular weight excluding hydrogens is 370 g/mol. The molecule has 1 amide bonds. The zero-order valence-electron chi connectivity index (χ0n) is 15.6. The average molecular weight is 394 g/mol. The number of anilines is 1. The Morgan fingerprint density at radius 1 is 0.962 bits per heavy atom. The Bertz CT molecular complexity index is 911. The molecule has 0 fully saturated rings. The monoisotopic (exact) mass is 393 g/mol. The van der Waals surface area contributed by atoms with Gasteiger partial charge in [-0.15, -0.1) is 0 Å². The molecule has 0 saturated heterocycles. The molecule has 0 heterocycles. The summed E-state index contributed by atoms with van der Waals surface area (Å²) in [5.41, 5.74) is 1.54. The van der Waals surface area contributed by atoms with E-state index < -0.39 is 20.5 Å². The number of amides is 1. The molecule has 0 saturated carbocycles. The Kier molecular flexibility index (Phi) is 5.54. The van der Waals surface area contributed by atoms with Gasteiger partial charge in [0.1, 0.15) is 4.75 Å². The Balaban J connectivity index is 2.32. The second-order valence-corrected chi connectivity index (χ2v) is 10.7. The topological polar surface area (TPSA) is 63.2 Å². The number of sulfone groups is 1. The van der Waals surface area contributed by atoms with E-state index in [-0.39, 0.29) is 10.3 Å². The standard InChI is InChI=1S/C20H24ClNO3S/c1-19(2,3)14-7-6-8-16(13-14)22-18(23)20(4,5)26(24,25)17-11-9-15(21)10-12-17/h6-13H,1-5H3,(H,22,23). The van der Waals surface area contributed by atoms with Crippen LogP contribution in [-0.2, 0) is 20.0 Å². The Labute approximate surface area is 160 Å². The predicted molar refractivity (Wildman–Crippen MR) is 106 cm³/mol. The lowest BCUT2D eigenvalue weighted by molar-refractivity contribution is -0.117. The van der Waals surface area contributed by atoms with E-state index in [9.17, 15) is 13.2 Å². The van der Waals surface area contributed by atoms with Crippen LogP contribution in [0.1, 0.15) is 40.2 Å². The summed E-state index contributed by atoms with van der Waals surface area (Å²) < 4.78 is 24.2. The van der Waals surface area contributed by atoms with Crippen molar-refractivity contribution < 1.29 is 13.2 Å². The molecule has 0 atom stereocenters. The van der Waals surface area contributed by atoms with Crippen LogP contribution in [-0.4, -0.2) is 19.1 Å². The van der Waals surface area contributed by atoms with Gasteiger partial charge >= 0.3 is 0 Å². The average Bonchev–Trinajstić information content (AvgIpc) is 2.54. The van der Waals surface area contributed by atoms with E-state index in [0.29, 0.717) is 10.7 Å². The maximum absolute atomic E-state index is 12.9. The molecule has 0 aromatic heterocycles. The molecular formula is C20H24ClNO3S. The van der Waals surface area contributed by atoms with Crippen LogP contribution in [0, 0.1) is 0 Å². The van der Waals surface area contributed by atoms with Crippen molar-refractivity contribution in [3.8, 4) is 0 Å². The number of carbonyl (C=O) groups is 1. The minimum absolute atomic E-state index is 0.0606. The molecule has 26 heavy (non-hydrogen) atoms. The van der Waals surface area contributed by atoms with Gasteiger partial charge in [0.2, 0.25) is 5.91 Å². The van der Waals surface area contributed by atoms with Crippen molar-refractivity contribution in [2.75, 3.05) is 5.32 Å². The van der Waals surface area contributed by atoms with Gasteiger partial charge in [-0.05, 0) is 61.2 Å². The highest BCUT2D eigenvalue weighted by molar-refractivity contribution is 7.93. The van der Waals surface area contributed by atoms with E-state index in [1.54, 1.807) is 6.07 Å². The van der Waals surface area contributed by atoms with Gasteiger partial charge in [-0.3, -0.25) is 4.79 Å². The zero-order chi connectivity index (χ0) is 19.8. The molecule has 2 aromatic rings. The van der Waals surface area contributed by atoms with Crippen LogP contribution >= 0.6 is 11.6 Å². The Hall–Kier alpha value is -1.85. The molecule has 4 nitrogen and oxygen atoms in total. The number of nitrogens with one attached hydrogen (secondary N) is 1. The lowest BCUT2D eigenvalue weighted by Crippen LogP contribution is -2.44. The molecule has 0 spiro atoms. The quantitative estimate of drug-likeness (QED) is 0.809. The van der Waals surface area contributed by atoms with Crippen LogP contribution in [0.25, 0.3) is 0 Å². The van der Waals surface area contributed by atoms with Crippen molar-refractivity contribution in [2.45, 2.75) is 49.7 Å². The smallest absolute Gasteiger partial charge is 0.245 e. The van der Waals surface area contributed by atoms with Crippen molar-refractivity contribution in [2.24, 2.45) is 0 Å². The van der Waals surface area contributed by atoms with Crippen molar-refractivity contribution in [1.82, 2.24) is 0 Å². The highest BCUT2D eigenvalue weighted by Gasteiger charge is 2.42. The molecule has 0 aliphatic rings. The summed E-state index contributed by atoms with van der Waals surface area (Å²) in [5, 5.41) is 3.17. The van der Waals surface area contributed by atoms with Gasteiger partial charge in [-0.1, -0.05) is 44.5 Å². The summed E-state index contributed by atoms with van der Waals surface area (Å²) in [7, 11) is -3.88. The Morgan fingerprint density at radius 3 is 2.08 bits per heavy atom. The van der Waals surface area contributed by atoms with Crippen LogP contribution in [0.2, 0.25) is 5.02 Å². The molecule has 1 N–H and O–H groups in total. The largest absolute Gasteiger partial charge is 0.325 e. The third kappa shape index (κ3) is 4.10. The second kappa shape index (κ2) is 7.05. The number of hydrogen-bond acceptors (Lipinski definition) is 3. The first-order valence-corrected chi connectivity index (χ1v) is 10.1. The normalized spacial score (nSPS) is 12.7. The summed E-state index contributed by atoms with van der Waals surface area (Å²) in [6.45, 7) is 9.02. The van der Waals surface area contributed by atoms with E-state index >= 15 is 0 Å². The highest BCUT2D eigenvalue weighted by Crippen LogP contribution is 2.29. The second-order valence-electron chi connectivity index (χ2n) is 7.75. The summed E-state index contributed by atoms with van der Waals surface area (Å²) in [5.74, 6) is -0.585. The third-order valence-corrected chi connectivity index (χ3v) is 7.00. The van der Waals surface area contributed by atoms with Gasteiger partial charge < -0.3 is 5.32 Å². The lowest BCUT2D eigenvalue weighted by Gasteiger charge is -2.25. The minimum atomic E-state index is -3.88. The highest BCUT2D eigenvalue weighted by atomic mass is 35.5. The third-order valence-electron chi connectivity index (χ3n) is 4.33. The molecule has 140 valence electrons. The molecule has 0 radical (unpaired) electrons. The molecule has 2 rings (SSSR count). The van der Waals surface area contributed by atoms with Gasteiger partial charge in [0.25, 0.3) is 0 Å². The van der Waals surface area contributed by atoms with E-state index in [4.69, 9.17) is 11.6 Å². The van der Waals surface area contributed by atoms with Crippen LogP contribution in [0.3, 0.4) is 0 Å². The van der Waals surface area contributed by atoms with Gasteiger partial charge in [0, 0.05) is 10.7 Å². The first-order valence-electron chi connectivity index (χ1n) is 8.28. The maximum atomic E-state index is 12.9. The van der Waals surface area contributed by atoms with Crippen molar-refractivity contribution in [1.29, 1.82) is 0 Å². The van der Waals surface area contributed by atoms with E-state index in [0.717, 1.165) is 5.56 Å². The number of halogens is 1. The number of hydrogen-bond donors (Lipinski definition) is 1. The van der Waals surface area contributed by atoms with Crippen LogP contribution in [0.4, 0.5) is 5.69 Å². The summed E-state index contributed by atoms with van der Waals surface area (Å²) in [6, 6.07) is 13.2. The minimum Gasteiger partial charge on any atom is -0.325 e. The summed E-state index contributed by atoms with van der Waals surface area (Å²) >= 11 is 5.82. The van der Waals surface area contributed by atoms with E-state index in [1.165, 1.54) is 38.1 Å². The van der Waals surface area contributed by atoms with Crippen molar-refractivity contribution in [3.63, 3.8) is 0 Å². The van der Waals surface area contributed by atoms with E-state index in [2.05, 4.69) is 26.1 Å². The molecule has 6 heteroatoms. The number of rotatable bonds is 4. The Morgan fingerprint density at radius 2 is 1.54 bits per heavy atom. The summed E-state index contributed by atoms with van der Waals surface area (Å²) in [6.07, 6.45) is 0. The SMILES string of the molecule is CC(C)(C)c1cccc(NC(=O)C(C)(C)S(=O)(=O)c2ccc(Cl)cc2)c1. The van der Waals surface area contributed by atoms with E-state index in [1.807, 2.05) is 18.2 Å². The fraction of sp³-hybridized carbons (Fsp3) is 0.350. The first-order chi connectivity index (χ1) is 11.9. The van der Waals surface area contributed by atoms with Gasteiger partial charge in [0.15, 0.2) is 9.84 Å². The fourth-order valence-electron chi connectivity index (χ4n) is 2.38. The maximum Gasteiger partial charge on any atom is 0.245 e. The van der Waals surface area contributed by atoms with Crippen LogP contribution in [0.5, 0.6) is 0 Å². The summed E-state index contributed by atoms with van der Waals surface area (Å²) in [4.78, 5) is 12.8. The fourth-order valence-corrected chi connectivity index (χ4v) is 3.88. The van der Waals surface area contributed by atoms with Crippen LogP contribution in [0.15, 0.2) is 53.4 Å². The van der Waals surface area contributed by atoms with Crippen LogP contribution < -0.4 is 5.32 Å². The van der Waals surface area contributed by atoms with Gasteiger partial charge in [-0.2, -0.15) is 0 Å². The first kappa shape index (κ1) is 20.5. The number of benzene rings is 2. The molecule has 2 aromatic carbocycles. The number of carbonyl (C=O) groups excluding carboxylic acids is 1.